The van der Waals surface area contributed by atoms with Crippen molar-refractivity contribution in [3.05, 3.63) is 93.7 Å². The SMILES string of the molecule is N#Cc1c(C(F)(F)F)cc(-c2cccs2)nc1S[C@H]1CC(=O)N(c2ccc(N3C(=O)C[C@H](Sc4nc(-c5cccs5)cc(C(F)(F)F)c4C#N)C3=O)cc2)C1=O. The molecular formula is C36H18F6N6O4S4. The number of anilines is 2. The number of aromatic nitrogens is 2. The van der Waals surface area contributed by atoms with E-state index in [1.54, 1.807) is 35.0 Å². The highest BCUT2D eigenvalue weighted by Crippen LogP contribution is 2.44. The van der Waals surface area contributed by atoms with Crippen molar-refractivity contribution in [1.29, 1.82) is 10.5 Å². The lowest BCUT2D eigenvalue weighted by molar-refractivity contribution is -0.138. The van der Waals surface area contributed by atoms with Crippen molar-refractivity contribution in [3.8, 4) is 33.3 Å². The summed E-state index contributed by atoms with van der Waals surface area (Å²) in [5, 5.41) is 19.4. The van der Waals surface area contributed by atoms with Gasteiger partial charge in [0.15, 0.2) is 0 Å². The Hall–Kier alpha value is -5.54. The summed E-state index contributed by atoms with van der Waals surface area (Å²) in [5.74, 6) is -3.03. The van der Waals surface area contributed by atoms with Crippen molar-refractivity contribution in [2.75, 3.05) is 9.80 Å². The molecule has 0 bridgehead atoms. The summed E-state index contributed by atoms with van der Waals surface area (Å²) in [6.45, 7) is 0. The zero-order chi connectivity index (χ0) is 40.1. The van der Waals surface area contributed by atoms with E-state index in [-0.39, 0.29) is 32.8 Å². The van der Waals surface area contributed by atoms with Crippen molar-refractivity contribution in [3.63, 3.8) is 0 Å². The average molecular weight is 841 g/mol. The normalized spacial score (nSPS) is 17.5. The van der Waals surface area contributed by atoms with E-state index in [1.807, 2.05) is 0 Å². The molecule has 6 heterocycles. The van der Waals surface area contributed by atoms with Gasteiger partial charge in [0.1, 0.15) is 22.2 Å². The topological polar surface area (TPSA) is 148 Å². The summed E-state index contributed by atoms with van der Waals surface area (Å²) in [5.41, 5.74) is -4.17. The summed E-state index contributed by atoms with van der Waals surface area (Å²) < 4.78 is 84.1. The van der Waals surface area contributed by atoms with Gasteiger partial charge in [0.05, 0.1) is 65.3 Å². The first-order chi connectivity index (χ1) is 26.6. The smallest absolute Gasteiger partial charge is 0.274 e. The van der Waals surface area contributed by atoms with Crippen LogP contribution in [0.1, 0.15) is 35.1 Å². The Morgan fingerprint density at radius 1 is 0.643 bits per heavy atom. The molecule has 20 heteroatoms. The fourth-order valence-corrected chi connectivity index (χ4v) is 9.56. The number of hydrogen-bond acceptors (Lipinski definition) is 12. The standard InChI is InChI=1S/C36H18F6N6O4S4/c37-35(38,39)21-11-23(25-3-1-9-53-25)45-31(19(21)15-43)55-27-13-29(49)47(33(27)51)17-5-7-18(8-6-17)48-30(50)14-28(34(48)52)56-32-20(16-44)22(36(40,41)42)12-24(46-32)26-4-2-10-54-26/h1-12,27-28H,13-14H2/t27-,28-/m0/s1. The molecule has 282 valence electrons. The number of halogens is 6. The van der Waals surface area contributed by atoms with Crippen LogP contribution in [0.4, 0.5) is 37.7 Å². The van der Waals surface area contributed by atoms with Crippen LogP contribution in [0, 0.1) is 22.7 Å². The van der Waals surface area contributed by atoms with Crippen LogP contribution < -0.4 is 9.80 Å². The highest BCUT2D eigenvalue weighted by Gasteiger charge is 2.45. The number of hydrogen-bond donors (Lipinski definition) is 0. The molecule has 4 amide bonds. The number of rotatable bonds is 8. The molecule has 2 atom stereocenters. The summed E-state index contributed by atoms with van der Waals surface area (Å²) >= 11 is 3.36. The first kappa shape index (κ1) is 38.7. The summed E-state index contributed by atoms with van der Waals surface area (Å²) in [7, 11) is 0. The van der Waals surface area contributed by atoms with E-state index < -0.39 is 81.6 Å². The molecule has 1 aromatic carbocycles. The highest BCUT2D eigenvalue weighted by molar-refractivity contribution is 8.01. The van der Waals surface area contributed by atoms with Gasteiger partial charge in [0, 0.05) is 12.8 Å². The Balaban J connectivity index is 1.11. The van der Waals surface area contributed by atoms with Gasteiger partial charge in [-0.1, -0.05) is 35.7 Å². The third-order valence-corrected chi connectivity index (χ3v) is 12.6. The van der Waals surface area contributed by atoms with Crippen molar-refractivity contribution >= 4 is 81.2 Å². The summed E-state index contributed by atoms with van der Waals surface area (Å²) in [6.07, 6.45) is -10.7. The van der Waals surface area contributed by atoms with Crippen LogP contribution in [0.25, 0.3) is 21.1 Å². The van der Waals surface area contributed by atoms with Crippen LogP contribution in [0.2, 0.25) is 0 Å². The number of carbonyl (C=O) groups excluding carboxylic acids is 4. The minimum absolute atomic E-state index is 0.0154. The van der Waals surface area contributed by atoms with Crippen LogP contribution in [0.5, 0.6) is 0 Å². The molecule has 0 aliphatic carbocycles. The Labute approximate surface area is 328 Å². The van der Waals surface area contributed by atoms with Gasteiger partial charge in [0.2, 0.25) is 23.6 Å². The number of amides is 4. The Kier molecular flexibility index (Phi) is 10.3. The number of pyridine rings is 2. The van der Waals surface area contributed by atoms with Crippen molar-refractivity contribution in [1.82, 2.24) is 9.97 Å². The van der Waals surface area contributed by atoms with Crippen LogP contribution in [-0.2, 0) is 31.5 Å². The molecule has 4 aromatic heterocycles. The third-order valence-electron chi connectivity index (χ3n) is 8.44. The molecule has 0 saturated carbocycles. The van der Waals surface area contributed by atoms with Gasteiger partial charge in [-0.05, 0) is 59.3 Å². The molecule has 0 radical (unpaired) electrons. The van der Waals surface area contributed by atoms with E-state index in [1.165, 1.54) is 36.4 Å². The van der Waals surface area contributed by atoms with E-state index in [0.29, 0.717) is 33.3 Å². The minimum atomic E-state index is -4.92. The number of thiophene rings is 2. The molecule has 2 fully saturated rings. The first-order valence-corrected chi connectivity index (χ1v) is 19.4. The van der Waals surface area contributed by atoms with E-state index in [9.17, 15) is 56.0 Å². The number of nitrogens with zero attached hydrogens (tertiary/aromatic N) is 6. The lowest BCUT2D eigenvalue weighted by Crippen LogP contribution is -2.32. The third kappa shape index (κ3) is 7.28. The number of benzene rings is 1. The fraction of sp³-hybridized carbons (Fsp3) is 0.167. The van der Waals surface area contributed by atoms with Gasteiger partial charge in [0.25, 0.3) is 0 Å². The molecule has 5 aromatic rings. The lowest BCUT2D eigenvalue weighted by Gasteiger charge is -2.19. The molecule has 2 saturated heterocycles. The monoisotopic (exact) mass is 840 g/mol. The number of imide groups is 2. The lowest BCUT2D eigenvalue weighted by atomic mass is 10.1. The molecule has 0 N–H and O–H groups in total. The molecule has 0 unspecified atom stereocenters. The Morgan fingerprint density at radius 2 is 1.02 bits per heavy atom. The second kappa shape index (κ2) is 14.8. The van der Waals surface area contributed by atoms with Crippen LogP contribution >= 0.6 is 46.2 Å². The molecule has 10 nitrogen and oxygen atoms in total. The van der Waals surface area contributed by atoms with Gasteiger partial charge in [-0.3, -0.25) is 19.2 Å². The molecule has 2 aliphatic heterocycles. The zero-order valence-corrected chi connectivity index (χ0v) is 31.0. The van der Waals surface area contributed by atoms with Crippen LogP contribution in [0.15, 0.2) is 81.5 Å². The fourth-order valence-electron chi connectivity index (χ4n) is 5.93. The number of nitriles is 2. The minimum Gasteiger partial charge on any atom is -0.274 e. The molecule has 0 spiro atoms. The van der Waals surface area contributed by atoms with Crippen molar-refractivity contribution in [2.45, 2.75) is 45.7 Å². The van der Waals surface area contributed by atoms with Gasteiger partial charge < -0.3 is 0 Å². The van der Waals surface area contributed by atoms with Crippen molar-refractivity contribution in [2.24, 2.45) is 0 Å². The van der Waals surface area contributed by atoms with E-state index in [0.717, 1.165) is 44.6 Å². The summed E-state index contributed by atoms with van der Waals surface area (Å²) in [6, 6.07) is 16.0. The number of alkyl halides is 6. The Bertz CT molecular complexity index is 2320. The zero-order valence-electron chi connectivity index (χ0n) is 27.7. The quantitative estimate of drug-likeness (QED) is 0.110. The molecular weight excluding hydrogens is 823 g/mol. The van der Waals surface area contributed by atoms with E-state index in [4.69, 9.17) is 0 Å². The average Bonchev–Trinajstić information content (AvgIpc) is 3.97. The largest absolute Gasteiger partial charge is 0.417 e. The maximum atomic E-state index is 14.0. The maximum absolute atomic E-state index is 14.0. The van der Waals surface area contributed by atoms with Crippen LogP contribution in [0.3, 0.4) is 0 Å². The number of thioether (sulfide) groups is 2. The van der Waals surface area contributed by atoms with E-state index in [2.05, 4.69) is 9.97 Å². The molecule has 2 aliphatic rings. The molecule has 56 heavy (non-hydrogen) atoms. The predicted molar refractivity (Wildman–Crippen MR) is 194 cm³/mol. The first-order valence-electron chi connectivity index (χ1n) is 15.9. The highest BCUT2D eigenvalue weighted by atomic mass is 32.2. The van der Waals surface area contributed by atoms with Gasteiger partial charge in [-0.15, -0.1) is 22.7 Å². The van der Waals surface area contributed by atoms with E-state index >= 15 is 0 Å². The van der Waals surface area contributed by atoms with Gasteiger partial charge in [-0.25, -0.2) is 19.8 Å². The van der Waals surface area contributed by atoms with Gasteiger partial charge >= 0.3 is 12.4 Å². The van der Waals surface area contributed by atoms with Crippen molar-refractivity contribution < 1.29 is 45.5 Å². The maximum Gasteiger partial charge on any atom is 0.417 e. The summed E-state index contributed by atoms with van der Waals surface area (Å²) in [4.78, 5) is 64.2. The van der Waals surface area contributed by atoms with Gasteiger partial charge in [-0.2, -0.15) is 36.9 Å². The molecule has 7 rings (SSSR count). The second-order valence-electron chi connectivity index (χ2n) is 11.9. The Morgan fingerprint density at radius 3 is 1.32 bits per heavy atom. The number of carbonyl (C=O) groups is 4. The van der Waals surface area contributed by atoms with Crippen LogP contribution in [-0.4, -0.2) is 44.1 Å². The predicted octanol–water partition coefficient (Wildman–Crippen LogP) is 8.56. The second-order valence-corrected chi connectivity index (χ2v) is 16.2.